The van der Waals surface area contributed by atoms with Gasteiger partial charge in [0.1, 0.15) is 5.60 Å². The fourth-order valence-electron chi connectivity index (χ4n) is 2.95. The number of guanidine groups is 1. The predicted octanol–water partition coefficient (Wildman–Crippen LogP) is 1.97. The van der Waals surface area contributed by atoms with Gasteiger partial charge in [0.15, 0.2) is 5.96 Å². The number of ether oxygens (including phenoxy) is 3. The number of nitrogens with one attached hydrogen (secondary N) is 2. The van der Waals surface area contributed by atoms with Gasteiger partial charge in [-0.1, -0.05) is 0 Å². The first-order valence-electron chi connectivity index (χ1n) is 9.42. The number of rotatable bonds is 5. The van der Waals surface area contributed by atoms with Crippen LogP contribution >= 0.6 is 24.0 Å². The number of methoxy groups -OCH3 is 1. The Bertz CT molecular complexity index is 498. The molecule has 0 aromatic rings. The highest BCUT2D eigenvalue weighted by molar-refractivity contribution is 14.0. The number of carbonyl (C=O) groups excluding carboxylic acids is 1. The Labute approximate surface area is 179 Å². The minimum Gasteiger partial charge on any atom is -0.444 e. The fourth-order valence-corrected chi connectivity index (χ4v) is 2.95. The average molecular weight is 498 g/mol. The third-order valence-electron chi connectivity index (χ3n) is 4.58. The first kappa shape index (κ1) is 24.2. The Balaban J connectivity index is 0.00000364. The van der Waals surface area contributed by atoms with Gasteiger partial charge >= 0.3 is 6.09 Å². The summed E-state index contributed by atoms with van der Waals surface area (Å²) in [5, 5.41) is 6.65. The van der Waals surface area contributed by atoms with Crippen LogP contribution in [0.2, 0.25) is 0 Å². The summed E-state index contributed by atoms with van der Waals surface area (Å²) < 4.78 is 16.5. The number of amides is 1. The Kier molecular flexibility index (Phi) is 9.56. The summed E-state index contributed by atoms with van der Waals surface area (Å²) in [7, 11) is 1.74. The molecule has 9 heteroatoms. The molecule has 2 N–H and O–H groups in total. The van der Waals surface area contributed by atoms with Crippen LogP contribution < -0.4 is 10.6 Å². The molecule has 0 saturated carbocycles. The van der Waals surface area contributed by atoms with Crippen LogP contribution in [0.25, 0.3) is 0 Å². The van der Waals surface area contributed by atoms with Crippen molar-refractivity contribution in [2.24, 2.45) is 4.99 Å². The fraction of sp³-hybridized carbons (Fsp3) is 0.889. The van der Waals surface area contributed by atoms with E-state index in [0.717, 1.165) is 25.3 Å². The summed E-state index contributed by atoms with van der Waals surface area (Å²) in [6.07, 6.45) is 1.43. The van der Waals surface area contributed by atoms with E-state index in [2.05, 4.69) is 10.6 Å². The molecule has 0 unspecified atom stereocenters. The van der Waals surface area contributed by atoms with Crippen molar-refractivity contribution in [2.75, 3.05) is 46.5 Å². The Morgan fingerprint density at radius 2 is 1.93 bits per heavy atom. The summed E-state index contributed by atoms with van der Waals surface area (Å²) in [5.74, 6) is 0.754. The predicted molar refractivity (Wildman–Crippen MR) is 116 cm³/mol. The van der Waals surface area contributed by atoms with Crippen LogP contribution in [0, 0.1) is 0 Å². The standard InChI is InChI=1S/C18H34N4O4.HI/c1-6-19-15(20-13-18(24-5)7-9-25-10-8-18)21-14-11-22(12-14)16(23)26-17(2,3)4;/h14H,6-13H2,1-5H3,(H2,19,20,21);1H. The van der Waals surface area contributed by atoms with Crippen molar-refractivity contribution in [1.29, 1.82) is 0 Å². The molecule has 0 atom stereocenters. The Morgan fingerprint density at radius 1 is 1.30 bits per heavy atom. The van der Waals surface area contributed by atoms with Gasteiger partial charge in [-0.05, 0) is 27.7 Å². The van der Waals surface area contributed by atoms with E-state index in [-0.39, 0.29) is 41.7 Å². The van der Waals surface area contributed by atoms with Crippen LogP contribution in [0.5, 0.6) is 0 Å². The third-order valence-corrected chi connectivity index (χ3v) is 4.58. The molecule has 0 spiro atoms. The van der Waals surface area contributed by atoms with Crippen molar-refractivity contribution >= 4 is 36.0 Å². The molecule has 2 saturated heterocycles. The van der Waals surface area contributed by atoms with Crippen LogP contribution in [-0.2, 0) is 14.2 Å². The smallest absolute Gasteiger partial charge is 0.410 e. The largest absolute Gasteiger partial charge is 0.444 e. The van der Waals surface area contributed by atoms with E-state index in [0.29, 0.717) is 32.8 Å². The second kappa shape index (κ2) is 10.7. The quantitative estimate of drug-likeness (QED) is 0.343. The van der Waals surface area contributed by atoms with Crippen molar-refractivity contribution < 1.29 is 19.0 Å². The number of hydrogen-bond acceptors (Lipinski definition) is 5. The number of halogens is 1. The van der Waals surface area contributed by atoms with Gasteiger partial charge < -0.3 is 29.7 Å². The van der Waals surface area contributed by atoms with E-state index in [1.807, 2.05) is 27.7 Å². The minimum atomic E-state index is -0.468. The molecule has 2 heterocycles. The van der Waals surface area contributed by atoms with Crippen molar-refractivity contribution in [2.45, 2.75) is 57.8 Å². The molecule has 2 rings (SSSR count). The van der Waals surface area contributed by atoms with Crippen LogP contribution in [0.15, 0.2) is 4.99 Å². The van der Waals surface area contributed by atoms with Gasteiger partial charge in [0.2, 0.25) is 0 Å². The average Bonchev–Trinajstić information content (AvgIpc) is 2.54. The lowest BCUT2D eigenvalue weighted by Crippen LogP contribution is -2.63. The van der Waals surface area contributed by atoms with Gasteiger partial charge in [0.05, 0.1) is 18.2 Å². The zero-order valence-corrected chi connectivity index (χ0v) is 19.5. The maximum absolute atomic E-state index is 12.0. The molecule has 0 radical (unpaired) electrons. The van der Waals surface area contributed by atoms with E-state index >= 15 is 0 Å². The number of hydrogen-bond donors (Lipinski definition) is 2. The summed E-state index contributed by atoms with van der Waals surface area (Å²) in [6.45, 7) is 11.7. The number of carbonyl (C=O) groups is 1. The van der Waals surface area contributed by atoms with Gasteiger partial charge in [-0.3, -0.25) is 4.99 Å². The maximum Gasteiger partial charge on any atom is 0.410 e. The molecule has 158 valence electrons. The van der Waals surface area contributed by atoms with Gasteiger partial charge in [0, 0.05) is 52.8 Å². The minimum absolute atomic E-state index is 0. The number of nitrogens with zero attached hydrogens (tertiary/aromatic N) is 2. The van der Waals surface area contributed by atoms with Crippen LogP contribution in [0.4, 0.5) is 4.79 Å². The topological polar surface area (TPSA) is 84.4 Å². The van der Waals surface area contributed by atoms with E-state index < -0.39 is 5.60 Å². The molecule has 27 heavy (non-hydrogen) atoms. The monoisotopic (exact) mass is 498 g/mol. The van der Waals surface area contributed by atoms with Crippen molar-refractivity contribution in [1.82, 2.24) is 15.5 Å². The summed E-state index contributed by atoms with van der Waals surface area (Å²) >= 11 is 0. The third kappa shape index (κ3) is 7.61. The number of likely N-dealkylation sites (tertiary alicyclic amines) is 1. The molecule has 0 bridgehead atoms. The summed E-state index contributed by atoms with van der Waals surface area (Å²) in [6, 6.07) is 0.175. The van der Waals surface area contributed by atoms with Crippen molar-refractivity contribution in [3.8, 4) is 0 Å². The molecule has 1 amide bonds. The molecule has 0 aliphatic carbocycles. The Hall–Kier alpha value is -0.810. The van der Waals surface area contributed by atoms with Crippen LogP contribution in [0.1, 0.15) is 40.5 Å². The lowest BCUT2D eigenvalue weighted by Gasteiger charge is -2.40. The van der Waals surface area contributed by atoms with Crippen LogP contribution in [0.3, 0.4) is 0 Å². The highest BCUT2D eigenvalue weighted by atomic mass is 127. The highest BCUT2D eigenvalue weighted by Crippen LogP contribution is 2.24. The summed E-state index contributed by atoms with van der Waals surface area (Å²) in [5.41, 5.74) is -0.715. The molecule has 0 aromatic heterocycles. The molecule has 2 aliphatic rings. The van der Waals surface area contributed by atoms with E-state index in [1.54, 1.807) is 12.0 Å². The first-order valence-corrected chi connectivity index (χ1v) is 9.42. The zero-order chi connectivity index (χ0) is 19.2. The molecular formula is C18H35IN4O4. The van der Waals surface area contributed by atoms with Gasteiger partial charge in [-0.2, -0.15) is 0 Å². The van der Waals surface area contributed by atoms with Crippen molar-refractivity contribution in [3.05, 3.63) is 0 Å². The SMILES string of the molecule is CCNC(=NCC1(OC)CCOCC1)NC1CN(C(=O)OC(C)(C)C)C1.I. The highest BCUT2D eigenvalue weighted by Gasteiger charge is 2.35. The molecule has 2 aliphatic heterocycles. The molecule has 8 nitrogen and oxygen atoms in total. The van der Waals surface area contributed by atoms with Crippen LogP contribution in [-0.4, -0.2) is 80.7 Å². The lowest BCUT2D eigenvalue weighted by atomic mass is 9.94. The first-order chi connectivity index (χ1) is 12.3. The normalized spacial score (nSPS) is 20.3. The summed E-state index contributed by atoms with van der Waals surface area (Å²) in [4.78, 5) is 18.4. The Morgan fingerprint density at radius 3 is 2.44 bits per heavy atom. The van der Waals surface area contributed by atoms with Gasteiger partial charge in [-0.25, -0.2) is 4.79 Å². The molecule has 2 fully saturated rings. The van der Waals surface area contributed by atoms with Gasteiger partial charge in [0.25, 0.3) is 0 Å². The van der Waals surface area contributed by atoms with E-state index in [4.69, 9.17) is 19.2 Å². The maximum atomic E-state index is 12.0. The second-order valence-corrected chi connectivity index (χ2v) is 7.92. The zero-order valence-electron chi connectivity index (χ0n) is 17.2. The molecule has 0 aromatic carbocycles. The van der Waals surface area contributed by atoms with E-state index in [1.165, 1.54) is 0 Å². The number of aliphatic imine (C=N–C) groups is 1. The van der Waals surface area contributed by atoms with E-state index in [9.17, 15) is 4.79 Å². The van der Waals surface area contributed by atoms with Gasteiger partial charge in [-0.15, -0.1) is 24.0 Å². The van der Waals surface area contributed by atoms with Crippen molar-refractivity contribution in [3.63, 3.8) is 0 Å². The second-order valence-electron chi connectivity index (χ2n) is 7.92. The lowest BCUT2D eigenvalue weighted by molar-refractivity contribution is -0.0829. The molecular weight excluding hydrogens is 463 g/mol.